The predicted octanol–water partition coefficient (Wildman–Crippen LogP) is 2.54. The molecule has 0 aliphatic carbocycles. The van der Waals surface area contributed by atoms with Crippen LogP contribution in [-0.2, 0) is 9.59 Å². The van der Waals surface area contributed by atoms with Crippen molar-refractivity contribution in [2.75, 3.05) is 11.4 Å². The summed E-state index contributed by atoms with van der Waals surface area (Å²) in [6.45, 7) is 1.95. The highest BCUT2D eigenvalue weighted by atomic mass is 79.9. The molecule has 1 unspecified atom stereocenters. The second kappa shape index (κ2) is 5.32. The molecule has 2 rings (SSSR count). The number of aromatic hydroxyl groups is 1. The zero-order valence-electron chi connectivity index (χ0n) is 9.72. The number of carbonyl (C=O) groups is 2. The highest BCUT2D eigenvalue weighted by Crippen LogP contribution is 2.37. The predicted molar refractivity (Wildman–Crippen MR) is 74.8 cm³/mol. The van der Waals surface area contributed by atoms with Gasteiger partial charge in [0.05, 0.1) is 10.2 Å². The van der Waals surface area contributed by atoms with Gasteiger partial charge < -0.3 is 10.0 Å². The number of phenolic OH excluding ortho intramolecular Hbond substituents is 1. The minimum atomic E-state index is -0.0675. The second-order valence-electron chi connectivity index (χ2n) is 4.05. The maximum Gasteiger partial charge on any atom is 0.228 e. The number of benzene rings is 1. The molecule has 96 valence electrons. The van der Waals surface area contributed by atoms with Gasteiger partial charge in [-0.3, -0.25) is 9.59 Å². The van der Waals surface area contributed by atoms with E-state index in [1.54, 1.807) is 18.2 Å². The Morgan fingerprint density at radius 2 is 2.28 bits per heavy atom. The van der Waals surface area contributed by atoms with Crippen molar-refractivity contribution in [2.24, 2.45) is 0 Å². The molecule has 0 bridgehead atoms. The summed E-state index contributed by atoms with van der Waals surface area (Å²) in [5.74, 6) is -0.0125. The lowest BCUT2D eigenvalue weighted by atomic mass is 10.2. The summed E-state index contributed by atoms with van der Waals surface area (Å²) < 4.78 is 0.551. The summed E-state index contributed by atoms with van der Waals surface area (Å²) in [7, 11) is 0. The molecule has 18 heavy (non-hydrogen) atoms. The van der Waals surface area contributed by atoms with Crippen molar-refractivity contribution in [3.05, 3.63) is 22.7 Å². The third-order valence-corrected chi connectivity index (χ3v) is 4.30. The molecule has 6 heteroatoms. The fraction of sp³-hybridized carbons (Fsp3) is 0.333. The lowest BCUT2D eigenvalue weighted by Crippen LogP contribution is -2.25. The molecule has 1 aliphatic rings. The van der Waals surface area contributed by atoms with E-state index in [1.165, 1.54) is 23.6 Å². The Bertz CT molecular complexity index is 506. The van der Waals surface area contributed by atoms with Crippen LogP contribution < -0.4 is 4.90 Å². The van der Waals surface area contributed by atoms with Crippen molar-refractivity contribution in [2.45, 2.75) is 18.6 Å². The van der Waals surface area contributed by atoms with Crippen LogP contribution in [-0.4, -0.2) is 27.9 Å². The van der Waals surface area contributed by atoms with Gasteiger partial charge >= 0.3 is 0 Å². The van der Waals surface area contributed by atoms with Crippen LogP contribution in [0.3, 0.4) is 0 Å². The van der Waals surface area contributed by atoms with E-state index in [-0.39, 0.29) is 22.0 Å². The standard InChI is InChI=1S/C12H12BrNO3S/c1-7(15)18-8-5-11(16)14(6-8)10-4-2-3-9(13)12(10)17/h2-4,8,17H,5-6H2,1H3. The van der Waals surface area contributed by atoms with E-state index in [4.69, 9.17) is 0 Å². The summed E-state index contributed by atoms with van der Waals surface area (Å²) in [4.78, 5) is 24.5. The van der Waals surface area contributed by atoms with Gasteiger partial charge in [0.1, 0.15) is 0 Å². The topological polar surface area (TPSA) is 57.6 Å². The smallest absolute Gasteiger partial charge is 0.228 e. The highest BCUT2D eigenvalue weighted by molar-refractivity contribution is 9.10. The van der Waals surface area contributed by atoms with Crippen LogP contribution in [0.15, 0.2) is 22.7 Å². The molecule has 0 radical (unpaired) electrons. The fourth-order valence-corrected chi connectivity index (χ4v) is 3.22. The molecule has 1 atom stereocenters. The fourth-order valence-electron chi connectivity index (χ4n) is 1.94. The Morgan fingerprint density at radius 1 is 1.56 bits per heavy atom. The summed E-state index contributed by atoms with van der Waals surface area (Å²) in [5, 5.41) is 9.90. The number of nitrogens with zero attached hydrogens (tertiary/aromatic N) is 1. The summed E-state index contributed by atoms with van der Waals surface area (Å²) in [6, 6.07) is 5.16. The first kappa shape index (κ1) is 13.4. The molecule has 1 aromatic rings. The van der Waals surface area contributed by atoms with Gasteiger partial charge in [0.25, 0.3) is 0 Å². The number of anilines is 1. The first-order valence-electron chi connectivity index (χ1n) is 5.44. The van der Waals surface area contributed by atoms with Crippen molar-refractivity contribution in [1.82, 2.24) is 0 Å². The number of carbonyl (C=O) groups excluding carboxylic acids is 2. The molecule has 1 N–H and O–H groups in total. The van der Waals surface area contributed by atoms with Gasteiger partial charge in [-0.2, -0.15) is 0 Å². The van der Waals surface area contributed by atoms with Crippen LogP contribution in [0.1, 0.15) is 13.3 Å². The quantitative estimate of drug-likeness (QED) is 0.905. The van der Waals surface area contributed by atoms with E-state index in [1.807, 2.05) is 0 Å². The van der Waals surface area contributed by atoms with Crippen LogP contribution in [0.4, 0.5) is 5.69 Å². The van der Waals surface area contributed by atoms with Crippen molar-refractivity contribution >= 4 is 44.4 Å². The summed E-state index contributed by atoms with van der Waals surface area (Å²) in [5.41, 5.74) is 0.487. The maximum atomic E-state index is 11.9. The molecule has 1 heterocycles. The number of halogens is 1. The normalized spacial score (nSPS) is 19.3. The first-order chi connectivity index (χ1) is 8.49. The zero-order valence-corrected chi connectivity index (χ0v) is 12.1. The van der Waals surface area contributed by atoms with Gasteiger partial charge in [-0.05, 0) is 28.1 Å². The molecule has 4 nitrogen and oxygen atoms in total. The molecular weight excluding hydrogens is 318 g/mol. The van der Waals surface area contributed by atoms with Crippen LogP contribution in [0.2, 0.25) is 0 Å². The highest BCUT2D eigenvalue weighted by Gasteiger charge is 2.33. The lowest BCUT2D eigenvalue weighted by molar-refractivity contribution is -0.117. The number of thioether (sulfide) groups is 1. The molecule has 1 fully saturated rings. The van der Waals surface area contributed by atoms with E-state index in [0.29, 0.717) is 23.1 Å². The van der Waals surface area contributed by atoms with E-state index >= 15 is 0 Å². The van der Waals surface area contributed by atoms with Gasteiger partial charge in [-0.15, -0.1) is 0 Å². The molecule has 0 saturated carbocycles. The largest absolute Gasteiger partial charge is 0.505 e. The van der Waals surface area contributed by atoms with Gasteiger partial charge in [0.15, 0.2) is 10.9 Å². The van der Waals surface area contributed by atoms with Crippen molar-refractivity contribution < 1.29 is 14.7 Å². The Kier molecular flexibility index (Phi) is 3.97. The SMILES string of the molecule is CC(=O)SC1CC(=O)N(c2cccc(Br)c2O)C1. The average molecular weight is 330 g/mol. The number of rotatable bonds is 2. The number of phenols is 1. The zero-order chi connectivity index (χ0) is 13.3. The van der Waals surface area contributed by atoms with Crippen LogP contribution in [0.25, 0.3) is 0 Å². The minimum Gasteiger partial charge on any atom is -0.505 e. The van der Waals surface area contributed by atoms with Crippen molar-refractivity contribution in [3.63, 3.8) is 0 Å². The molecule has 1 aromatic carbocycles. The van der Waals surface area contributed by atoms with E-state index in [0.717, 1.165) is 0 Å². The molecule has 0 spiro atoms. The second-order valence-corrected chi connectivity index (χ2v) is 6.38. The van der Waals surface area contributed by atoms with E-state index in [2.05, 4.69) is 15.9 Å². The Morgan fingerprint density at radius 3 is 2.94 bits per heavy atom. The van der Waals surface area contributed by atoms with Crippen LogP contribution >= 0.6 is 27.7 Å². The molecule has 1 saturated heterocycles. The summed E-state index contributed by atoms with van der Waals surface area (Å²) >= 11 is 4.40. The van der Waals surface area contributed by atoms with Gasteiger partial charge in [0, 0.05) is 25.1 Å². The van der Waals surface area contributed by atoms with Crippen LogP contribution in [0, 0.1) is 0 Å². The van der Waals surface area contributed by atoms with E-state index < -0.39 is 0 Å². The van der Waals surface area contributed by atoms with Crippen molar-refractivity contribution in [3.8, 4) is 5.75 Å². The Labute approximate surface area is 117 Å². The lowest BCUT2D eigenvalue weighted by Gasteiger charge is -2.18. The molecule has 0 aromatic heterocycles. The number of amides is 1. The minimum absolute atomic E-state index is 0.00751. The Hall–Kier alpha value is -1.01. The maximum absolute atomic E-state index is 11.9. The third kappa shape index (κ3) is 2.70. The first-order valence-corrected chi connectivity index (χ1v) is 7.11. The number of hydrogen-bond acceptors (Lipinski definition) is 4. The average Bonchev–Trinajstić information content (AvgIpc) is 2.62. The van der Waals surface area contributed by atoms with Crippen molar-refractivity contribution in [1.29, 1.82) is 0 Å². The molecular formula is C12H12BrNO3S. The molecule has 1 amide bonds. The van der Waals surface area contributed by atoms with E-state index in [9.17, 15) is 14.7 Å². The van der Waals surface area contributed by atoms with Gasteiger partial charge in [-0.1, -0.05) is 17.8 Å². The third-order valence-electron chi connectivity index (χ3n) is 2.68. The van der Waals surface area contributed by atoms with Crippen LogP contribution in [0.5, 0.6) is 5.75 Å². The summed E-state index contributed by atoms with van der Waals surface area (Å²) in [6.07, 6.45) is 0.330. The van der Waals surface area contributed by atoms with Gasteiger partial charge in [0.2, 0.25) is 5.91 Å². The van der Waals surface area contributed by atoms with Gasteiger partial charge in [-0.25, -0.2) is 0 Å². The monoisotopic (exact) mass is 329 g/mol. The molecule has 1 aliphatic heterocycles. The number of para-hydroxylation sites is 1. The Balaban J connectivity index is 2.22. The number of hydrogen-bond donors (Lipinski definition) is 1.